The van der Waals surface area contributed by atoms with Gasteiger partial charge in [-0.05, 0) is 17.3 Å². The molecule has 1 aliphatic carbocycles. The van der Waals surface area contributed by atoms with Crippen LogP contribution in [0.15, 0.2) is 18.7 Å². The molecular weight excluding hydrogens is 308 g/mol. The molecule has 1 aromatic rings. The number of likely N-dealkylation sites (tertiary alicyclic amines) is 1. The van der Waals surface area contributed by atoms with Gasteiger partial charge in [-0.25, -0.2) is 14.8 Å². The second-order valence-electron chi connectivity index (χ2n) is 7.72. The summed E-state index contributed by atoms with van der Waals surface area (Å²) in [7, 11) is 0. The third kappa shape index (κ3) is 2.61. The molecule has 24 heavy (non-hydrogen) atoms. The Morgan fingerprint density at radius 3 is 2.50 bits per heavy atom. The Bertz CT molecular complexity index is 646. The van der Waals surface area contributed by atoms with Crippen LogP contribution in [0, 0.1) is 23.2 Å². The minimum atomic E-state index is -0.910. The molecule has 3 rings (SSSR count). The molecule has 0 aromatic carbocycles. The second kappa shape index (κ2) is 5.72. The number of amides is 1. The second-order valence-corrected chi connectivity index (χ2v) is 7.72. The summed E-state index contributed by atoms with van der Waals surface area (Å²) in [5.41, 5.74) is 0.662. The van der Waals surface area contributed by atoms with Gasteiger partial charge in [0, 0.05) is 12.5 Å². The number of anilines is 1. The maximum atomic E-state index is 13.0. The first-order valence-corrected chi connectivity index (χ1v) is 8.30. The minimum Gasteiger partial charge on any atom is -0.480 e. The van der Waals surface area contributed by atoms with Crippen LogP contribution in [-0.4, -0.2) is 50.5 Å². The lowest BCUT2D eigenvalue weighted by Crippen LogP contribution is -2.52. The van der Waals surface area contributed by atoms with Gasteiger partial charge in [0.1, 0.15) is 18.4 Å². The normalized spacial score (nSPS) is 28.4. The van der Waals surface area contributed by atoms with Crippen molar-refractivity contribution in [3.05, 3.63) is 18.7 Å². The first-order chi connectivity index (χ1) is 11.2. The van der Waals surface area contributed by atoms with Gasteiger partial charge in [0.15, 0.2) is 0 Å². The van der Waals surface area contributed by atoms with Crippen molar-refractivity contribution in [2.75, 3.05) is 11.9 Å². The first-order valence-electron chi connectivity index (χ1n) is 8.30. The number of fused-ring (bicyclic) bond motifs is 1. The maximum absolute atomic E-state index is 13.0. The number of nitrogens with one attached hydrogen (secondary N) is 1. The van der Waals surface area contributed by atoms with Gasteiger partial charge in [0.05, 0.1) is 18.1 Å². The molecule has 1 saturated heterocycles. The Morgan fingerprint density at radius 1 is 1.33 bits per heavy atom. The van der Waals surface area contributed by atoms with E-state index in [1.54, 1.807) is 17.3 Å². The zero-order valence-electron chi connectivity index (χ0n) is 14.4. The van der Waals surface area contributed by atoms with Crippen LogP contribution < -0.4 is 5.32 Å². The van der Waals surface area contributed by atoms with Gasteiger partial charge < -0.3 is 15.3 Å². The largest absolute Gasteiger partial charge is 0.480 e. The highest BCUT2D eigenvalue weighted by Crippen LogP contribution is 2.64. The van der Waals surface area contributed by atoms with E-state index in [1.807, 2.05) is 13.8 Å². The Morgan fingerprint density at radius 2 is 1.96 bits per heavy atom. The van der Waals surface area contributed by atoms with Crippen molar-refractivity contribution < 1.29 is 14.7 Å². The van der Waals surface area contributed by atoms with Crippen LogP contribution in [-0.2, 0) is 9.59 Å². The van der Waals surface area contributed by atoms with E-state index in [4.69, 9.17) is 0 Å². The molecule has 0 bridgehead atoms. The van der Waals surface area contributed by atoms with Crippen molar-refractivity contribution in [2.45, 2.75) is 39.8 Å². The van der Waals surface area contributed by atoms with Crippen LogP contribution in [0.2, 0.25) is 0 Å². The zero-order chi connectivity index (χ0) is 17.6. The van der Waals surface area contributed by atoms with E-state index in [1.165, 1.54) is 6.33 Å². The van der Waals surface area contributed by atoms with Crippen LogP contribution in [0.5, 0.6) is 0 Å². The van der Waals surface area contributed by atoms with Crippen molar-refractivity contribution in [3.63, 3.8) is 0 Å². The van der Waals surface area contributed by atoms with Gasteiger partial charge in [0.25, 0.3) is 0 Å². The van der Waals surface area contributed by atoms with Gasteiger partial charge >= 0.3 is 5.97 Å². The predicted octanol–water partition coefficient (Wildman–Crippen LogP) is 1.48. The van der Waals surface area contributed by atoms with Crippen LogP contribution >= 0.6 is 0 Å². The number of rotatable bonds is 5. The molecular formula is C17H24N4O3. The van der Waals surface area contributed by atoms with Gasteiger partial charge in [-0.2, -0.15) is 0 Å². The van der Waals surface area contributed by atoms with Crippen molar-refractivity contribution in [1.29, 1.82) is 0 Å². The summed E-state index contributed by atoms with van der Waals surface area (Å²) in [5.74, 6) is -0.740. The monoisotopic (exact) mass is 332 g/mol. The lowest BCUT2D eigenvalue weighted by Gasteiger charge is -2.33. The molecule has 130 valence electrons. The lowest BCUT2D eigenvalue weighted by molar-refractivity contribution is -0.151. The van der Waals surface area contributed by atoms with E-state index in [-0.39, 0.29) is 29.1 Å². The first kappa shape index (κ1) is 16.7. The minimum absolute atomic E-state index is 0.00780. The fourth-order valence-electron chi connectivity index (χ4n) is 4.04. The molecule has 2 fully saturated rings. The van der Waals surface area contributed by atoms with E-state index < -0.39 is 18.1 Å². The molecule has 7 heteroatoms. The van der Waals surface area contributed by atoms with E-state index in [2.05, 4.69) is 29.1 Å². The number of nitrogens with zero attached hydrogens (tertiary/aromatic N) is 3. The number of carboxylic acid groups (broad SMARTS) is 1. The quantitative estimate of drug-likeness (QED) is 0.848. The summed E-state index contributed by atoms with van der Waals surface area (Å²) >= 11 is 0. The maximum Gasteiger partial charge on any atom is 0.326 e. The highest BCUT2D eigenvalue weighted by molar-refractivity contribution is 5.90. The molecule has 1 aliphatic heterocycles. The lowest BCUT2D eigenvalue weighted by atomic mass is 9.98. The molecule has 0 spiro atoms. The summed E-state index contributed by atoms with van der Waals surface area (Å²) in [6.07, 6.45) is 4.64. The number of piperidine rings is 1. The Hall–Kier alpha value is -2.18. The summed E-state index contributed by atoms with van der Waals surface area (Å²) < 4.78 is 0. The Kier molecular flexibility index (Phi) is 3.97. The molecule has 2 heterocycles. The average molecular weight is 332 g/mol. The van der Waals surface area contributed by atoms with Crippen molar-refractivity contribution in [2.24, 2.45) is 23.2 Å². The van der Waals surface area contributed by atoms with Gasteiger partial charge in [-0.15, -0.1) is 0 Å². The highest BCUT2D eigenvalue weighted by atomic mass is 16.4. The molecule has 4 atom stereocenters. The number of carbonyl (C=O) groups excluding carboxylic acids is 1. The number of carboxylic acids is 1. The molecule has 2 aliphatic rings. The smallest absolute Gasteiger partial charge is 0.326 e. The van der Waals surface area contributed by atoms with Gasteiger partial charge in [-0.1, -0.05) is 27.7 Å². The van der Waals surface area contributed by atoms with Crippen LogP contribution in [0.25, 0.3) is 0 Å². The predicted molar refractivity (Wildman–Crippen MR) is 88.2 cm³/mol. The van der Waals surface area contributed by atoms with Crippen LogP contribution in [0.4, 0.5) is 5.69 Å². The highest BCUT2D eigenvalue weighted by Gasteiger charge is 2.69. The third-order valence-electron chi connectivity index (χ3n) is 5.56. The van der Waals surface area contributed by atoms with E-state index >= 15 is 0 Å². The van der Waals surface area contributed by atoms with E-state index in [0.29, 0.717) is 12.2 Å². The topological polar surface area (TPSA) is 95.4 Å². The molecule has 7 nitrogen and oxygen atoms in total. The molecule has 1 aromatic heterocycles. The van der Waals surface area contributed by atoms with Crippen molar-refractivity contribution in [3.8, 4) is 0 Å². The molecule has 0 radical (unpaired) electrons. The van der Waals surface area contributed by atoms with Crippen molar-refractivity contribution >= 4 is 17.6 Å². The molecule has 2 N–H and O–H groups in total. The number of aromatic nitrogens is 2. The third-order valence-corrected chi connectivity index (χ3v) is 5.56. The van der Waals surface area contributed by atoms with E-state index in [9.17, 15) is 14.7 Å². The number of hydrogen-bond acceptors (Lipinski definition) is 5. The van der Waals surface area contributed by atoms with Gasteiger partial charge in [-0.3, -0.25) is 4.79 Å². The Balaban J connectivity index is 1.79. The fourth-order valence-corrected chi connectivity index (χ4v) is 4.04. The van der Waals surface area contributed by atoms with Crippen LogP contribution in [0.3, 0.4) is 0 Å². The molecule has 1 saturated carbocycles. The van der Waals surface area contributed by atoms with Crippen molar-refractivity contribution in [1.82, 2.24) is 14.9 Å². The molecule has 1 unspecified atom stereocenters. The summed E-state index contributed by atoms with van der Waals surface area (Å²) in [6, 6.07) is -1.23. The van der Waals surface area contributed by atoms with Crippen LogP contribution in [0.1, 0.15) is 27.7 Å². The Labute approximate surface area is 141 Å². The summed E-state index contributed by atoms with van der Waals surface area (Å²) in [4.78, 5) is 34.2. The van der Waals surface area contributed by atoms with E-state index in [0.717, 1.165) is 0 Å². The standard InChI is InChI=1S/C17H24N4O3/c1-9(2)13(20-10-5-18-8-19-6-10)15(22)21-7-11-12(17(11,3)4)14(21)16(23)24/h5-6,8-9,11-14,20H,7H2,1-4H3,(H,23,24)/t11-,12-,13?,14-/m0/s1. The number of carbonyl (C=O) groups is 2. The average Bonchev–Trinajstić information content (AvgIpc) is 2.88. The molecule has 1 amide bonds. The summed E-state index contributed by atoms with van der Waals surface area (Å²) in [5, 5.41) is 12.8. The summed E-state index contributed by atoms with van der Waals surface area (Å²) in [6.45, 7) is 8.56. The van der Waals surface area contributed by atoms with Gasteiger partial charge in [0.2, 0.25) is 5.91 Å². The zero-order valence-corrected chi connectivity index (χ0v) is 14.4. The fraction of sp³-hybridized carbons (Fsp3) is 0.647. The number of aliphatic carboxylic acids is 1. The SMILES string of the molecule is CC(C)C(Nc1cncnc1)C(=O)N1C[C@H]2[C@@H]([C@H]1C(=O)O)C2(C)C. The number of hydrogen-bond donors (Lipinski definition) is 2.